The van der Waals surface area contributed by atoms with Gasteiger partial charge in [-0.25, -0.2) is 0 Å². The van der Waals surface area contributed by atoms with Crippen molar-refractivity contribution in [3.8, 4) is 0 Å². The Hall–Kier alpha value is -3.41. The quantitative estimate of drug-likeness (QED) is 0.354. The zero-order valence-corrected chi connectivity index (χ0v) is 20.0. The number of rotatable bonds is 4. The molecule has 2 amide bonds. The molecule has 0 aromatic heterocycles. The fraction of sp³-hybridized carbons (Fsp3) is 0.179. The molecule has 0 bridgehead atoms. The van der Waals surface area contributed by atoms with Gasteiger partial charge < -0.3 is 4.90 Å². The standard InChI is InChI=1S/C28H20Cl2N2O3/c29-18-10-11-20(21(30)14-18)26(33)25-23-22(24-19-9-5-4-8-17(19)12-13-31(24)25)27(34)32(28(23)35)15-16-6-2-1-3-7-16/h1-14,22-25H,15H2/t22-,23-,24+,25+/m1/s1. The van der Waals surface area contributed by atoms with E-state index in [0.29, 0.717) is 5.02 Å². The molecular formula is C28H20Cl2N2O3. The number of nitrogens with zero attached hydrogens (tertiary/aromatic N) is 2. The van der Waals surface area contributed by atoms with E-state index in [1.165, 1.54) is 11.0 Å². The van der Waals surface area contributed by atoms with Crippen LogP contribution in [0.5, 0.6) is 0 Å². The highest BCUT2D eigenvalue weighted by Gasteiger charge is 2.64. The van der Waals surface area contributed by atoms with Crippen molar-refractivity contribution < 1.29 is 14.4 Å². The minimum Gasteiger partial charge on any atom is -0.358 e. The monoisotopic (exact) mass is 502 g/mol. The van der Waals surface area contributed by atoms with Crippen molar-refractivity contribution >= 4 is 46.9 Å². The van der Waals surface area contributed by atoms with Gasteiger partial charge in [0.25, 0.3) is 0 Å². The smallest absolute Gasteiger partial charge is 0.236 e. The number of likely N-dealkylation sites (tertiary alicyclic amines) is 1. The topological polar surface area (TPSA) is 57.7 Å². The molecule has 2 fully saturated rings. The van der Waals surface area contributed by atoms with Gasteiger partial charge in [-0.15, -0.1) is 0 Å². The zero-order valence-electron chi connectivity index (χ0n) is 18.5. The van der Waals surface area contributed by atoms with Crippen LogP contribution >= 0.6 is 23.2 Å². The molecule has 0 unspecified atom stereocenters. The van der Waals surface area contributed by atoms with Crippen LogP contribution in [0.3, 0.4) is 0 Å². The molecule has 3 aliphatic rings. The number of carbonyl (C=O) groups excluding carboxylic acids is 3. The maximum Gasteiger partial charge on any atom is 0.236 e. The molecule has 174 valence electrons. The van der Waals surface area contributed by atoms with Gasteiger partial charge in [-0.05, 0) is 41.0 Å². The third-order valence-corrected chi connectivity index (χ3v) is 7.75. The number of ketones is 1. The van der Waals surface area contributed by atoms with E-state index >= 15 is 0 Å². The molecule has 0 saturated carbocycles. The molecule has 0 N–H and O–H groups in total. The summed E-state index contributed by atoms with van der Waals surface area (Å²) in [7, 11) is 0. The molecule has 3 aliphatic heterocycles. The molecule has 7 heteroatoms. The van der Waals surface area contributed by atoms with E-state index in [1.54, 1.807) is 12.1 Å². The largest absolute Gasteiger partial charge is 0.358 e. The Kier molecular flexibility index (Phi) is 5.28. The van der Waals surface area contributed by atoms with Crippen LogP contribution in [-0.4, -0.2) is 33.4 Å². The highest BCUT2D eigenvalue weighted by atomic mass is 35.5. The minimum atomic E-state index is -0.856. The summed E-state index contributed by atoms with van der Waals surface area (Å²) in [6.45, 7) is 0.179. The summed E-state index contributed by atoms with van der Waals surface area (Å²) < 4.78 is 0. The second kappa shape index (κ2) is 8.36. The summed E-state index contributed by atoms with van der Waals surface area (Å²) >= 11 is 12.5. The number of halogens is 2. The molecule has 2 saturated heterocycles. The lowest BCUT2D eigenvalue weighted by atomic mass is 9.83. The van der Waals surface area contributed by atoms with Crippen LogP contribution in [0.1, 0.15) is 33.1 Å². The van der Waals surface area contributed by atoms with Crippen LogP contribution in [0.15, 0.2) is 79.0 Å². The van der Waals surface area contributed by atoms with Gasteiger partial charge in [-0.3, -0.25) is 19.3 Å². The third-order valence-electron chi connectivity index (χ3n) is 7.20. The first-order chi connectivity index (χ1) is 17.0. The molecule has 3 heterocycles. The average molecular weight is 503 g/mol. The van der Waals surface area contributed by atoms with Crippen molar-refractivity contribution in [2.45, 2.75) is 18.6 Å². The first-order valence-electron chi connectivity index (χ1n) is 11.4. The first-order valence-corrected chi connectivity index (χ1v) is 12.1. The van der Waals surface area contributed by atoms with E-state index in [0.717, 1.165) is 16.7 Å². The maximum absolute atomic E-state index is 13.9. The number of Topliss-reactive ketones (excluding diaryl/α,β-unsaturated/α-hetero) is 1. The van der Waals surface area contributed by atoms with Crippen molar-refractivity contribution in [3.05, 3.63) is 111 Å². The summed E-state index contributed by atoms with van der Waals surface area (Å²) in [5.41, 5.74) is 3.06. The summed E-state index contributed by atoms with van der Waals surface area (Å²) in [6, 6.07) is 20.6. The van der Waals surface area contributed by atoms with Crippen LogP contribution in [0.25, 0.3) is 6.08 Å². The predicted molar refractivity (Wildman–Crippen MR) is 134 cm³/mol. The normalized spacial score (nSPS) is 24.4. The number of carbonyl (C=O) groups is 3. The number of amides is 2. The highest BCUT2D eigenvalue weighted by Crippen LogP contribution is 2.53. The summed E-state index contributed by atoms with van der Waals surface area (Å²) in [6.07, 6.45) is 3.76. The summed E-state index contributed by atoms with van der Waals surface area (Å²) in [5, 5.41) is 0.642. The van der Waals surface area contributed by atoms with Gasteiger partial charge in [-0.2, -0.15) is 0 Å². The molecule has 6 rings (SSSR count). The molecule has 4 atom stereocenters. The van der Waals surface area contributed by atoms with Gasteiger partial charge in [0.2, 0.25) is 11.8 Å². The Labute approximate surface area is 212 Å². The van der Waals surface area contributed by atoms with Crippen molar-refractivity contribution in [3.63, 3.8) is 0 Å². The van der Waals surface area contributed by atoms with Gasteiger partial charge in [0.1, 0.15) is 6.04 Å². The molecule has 3 aromatic carbocycles. The molecule has 35 heavy (non-hydrogen) atoms. The van der Waals surface area contributed by atoms with Gasteiger partial charge in [-0.1, -0.05) is 77.8 Å². The van der Waals surface area contributed by atoms with Crippen LogP contribution in [0.2, 0.25) is 10.0 Å². The van der Waals surface area contributed by atoms with E-state index in [9.17, 15) is 14.4 Å². The van der Waals surface area contributed by atoms with Crippen LogP contribution in [-0.2, 0) is 16.1 Å². The van der Waals surface area contributed by atoms with Crippen molar-refractivity contribution in [1.29, 1.82) is 0 Å². The van der Waals surface area contributed by atoms with Crippen LogP contribution < -0.4 is 0 Å². The van der Waals surface area contributed by atoms with Crippen LogP contribution in [0, 0.1) is 11.8 Å². The third kappa shape index (κ3) is 3.41. The second-order valence-corrected chi connectivity index (χ2v) is 9.91. The lowest BCUT2D eigenvalue weighted by Crippen LogP contribution is -2.44. The van der Waals surface area contributed by atoms with Crippen LogP contribution in [0.4, 0.5) is 0 Å². The second-order valence-electron chi connectivity index (χ2n) is 9.07. The van der Waals surface area contributed by atoms with E-state index < -0.39 is 23.9 Å². The van der Waals surface area contributed by atoms with E-state index in [4.69, 9.17) is 23.2 Å². The van der Waals surface area contributed by atoms with E-state index in [1.807, 2.05) is 71.8 Å². The number of hydrogen-bond donors (Lipinski definition) is 0. The lowest BCUT2D eigenvalue weighted by molar-refractivity contribution is -0.142. The predicted octanol–water partition coefficient (Wildman–Crippen LogP) is 5.39. The zero-order chi connectivity index (χ0) is 24.3. The molecule has 3 aromatic rings. The Bertz CT molecular complexity index is 1400. The Morgan fingerprint density at radius 2 is 1.57 bits per heavy atom. The molecule has 0 aliphatic carbocycles. The molecule has 5 nitrogen and oxygen atoms in total. The fourth-order valence-electron chi connectivity index (χ4n) is 5.69. The SMILES string of the molecule is O=C(c1ccc(Cl)cc1Cl)[C@@H]1[C@@H]2C(=O)N(Cc3ccccc3)C(=O)[C@H]2[C@@H]2c3ccccc3C=CN12. The number of fused-ring (bicyclic) bond motifs is 5. The lowest BCUT2D eigenvalue weighted by Gasteiger charge is -2.35. The summed E-state index contributed by atoms with van der Waals surface area (Å²) in [5.74, 6) is -2.35. The number of benzene rings is 3. The maximum atomic E-state index is 13.9. The van der Waals surface area contributed by atoms with Crippen molar-refractivity contribution in [1.82, 2.24) is 9.80 Å². The van der Waals surface area contributed by atoms with Crippen molar-refractivity contribution in [2.24, 2.45) is 11.8 Å². The number of imide groups is 1. The van der Waals surface area contributed by atoms with Gasteiger partial charge >= 0.3 is 0 Å². The highest BCUT2D eigenvalue weighted by molar-refractivity contribution is 6.37. The Morgan fingerprint density at radius 3 is 2.34 bits per heavy atom. The Balaban J connectivity index is 1.46. The van der Waals surface area contributed by atoms with Crippen molar-refractivity contribution in [2.75, 3.05) is 0 Å². The average Bonchev–Trinajstić information content (AvgIpc) is 3.33. The van der Waals surface area contributed by atoms with E-state index in [-0.39, 0.29) is 34.7 Å². The summed E-state index contributed by atoms with van der Waals surface area (Å²) in [4.78, 5) is 44.7. The fourth-order valence-corrected chi connectivity index (χ4v) is 6.19. The molecule has 0 spiro atoms. The first kappa shape index (κ1) is 22.1. The minimum absolute atomic E-state index is 0.179. The Morgan fingerprint density at radius 1 is 0.857 bits per heavy atom. The molecular weight excluding hydrogens is 483 g/mol. The van der Waals surface area contributed by atoms with E-state index in [2.05, 4.69) is 0 Å². The molecule has 0 radical (unpaired) electrons. The number of hydrogen-bond acceptors (Lipinski definition) is 4. The van der Waals surface area contributed by atoms with Gasteiger partial charge in [0.05, 0.1) is 29.4 Å². The van der Waals surface area contributed by atoms with Gasteiger partial charge in [0.15, 0.2) is 5.78 Å². The van der Waals surface area contributed by atoms with Gasteiger partial charge in [0, 0.05) is 16.8 Å².